The van der Waals surface area contributed by atoms with Gasteiger partial charge in [-0.3, -0.25) is 0 Å². The topological polar surface area (TPSA) is 39.1 Å². The molecule has 2 aromatic heterocycles. The highest BCUT2D eigenvalue weighted by Crippen LogP contribution is 2.31. The van der Waals surface area contributed by atoms with Gasteiger partial charge in [-0.25, -0.2) is 9.37 Å². The van der Waals surface area contributed by atoms with Gasteiger partial charge in [0.15, 0.2) is 5.13 Å². The molecule has 0 spiro atoms. The summed E-state index contributed by atoms with van der Waals surface area (Å²) in [7, 11) is 1.70. The Morgan fingerprint density at radius 2 is 2.12 bits per heavy atom. The van der Waals surface area contributed by atoms with Crippen molar-refractivity contribution < 1.29 is 9.13 Å². The van der Waals surface area contributed by atoms with Crippen molar-refractivity contribution in [2.24, 2.45) is 0 Å². The molecule has 0 saturated carbocycles. The number of hydrogen-bond donors (Lipinski definition) is 1. The van der Waals surface area contributed by atoms with Crippen molar-refractivity contribution in [3.8, 4) is 11.3 Å². The summed E-state index contributed by atoms with van der Waals surface area (Å²) in [6.07, 6.45) is 0. The lowest BCUT2D eigenvalue weighted by Crippen LogP contribution is -2.07. The van der Waals surface area contributed by atoms with Crippen LogP contribution in [0, 0.1) is 19.7 Å². The summed E-state index contributed by atoms with van der Waals surface area (Å²) in [6.45, 7) is 5.66. The number of thiazole rings is 1. The molecule has 7 heteroatoms. The molecule has 1 N–H and O–H groups in total. The fourth-order valence-electron chi connectivity index (χ4n) is 2.74. The van der Waals surface area contributed by atoms with E-state index in [-0.39, 0.29) is 5.02 Å². The van der Waals surface area contributed by atoms with Crippen LogP contribution in [0.25, 0.3) is 11.3 Å². The molecule has 0 radical (unpaired) electrons. The van der Waals surface area contributed by atoms with Gasteiger partial charge in [0.25, 0.3) is 0 Å². The number of hydrogen-bond acceptors (Lipinski definition) is 4. The molecule has 3 rings (SSSR count). The lowest BCUT2D eigenvalue weighted by atomic mass is 10.2. The number of halogens is 2. The second kappa shape index (κ2) is 7.56. The number of aromatic nitrogens is 2. The van der Waals surface area contributed by atoms with E-state index in [0.29, 0.717) is 12.3 Å². The van der Waals surface area contributed by atoms with Crippen molar-refractivity contribution in [2.45, 2.75) is 20.4 Å². The van der Waals surface area contributed by atoms with Crippen LogP contribution in [0.2, 0.25) is 5.02 Å². The molecule has 132 valence electrons. The molecule has 0 fully saturated rings. The maximum Gasteiger partial charge on any atom is 0.187 e. The number of benzene rings is 1. The SMILES string of the molecule is COCCn1c(C)cc(-c2csc(Nc3ccc(F)c(Cl)c3)n2)c1C. The summed E-state index contributed by atoms with van der Waals surface area (Å²) in [6, 6.07) is 6.66. The summed E-state index contributed by atoms with van der Waals surface area (Å²) in [4.78, 5) is 4.65. The van der Waals surface area contributed by atoms with Gasteiger partial charge in [-0.2, -0.15) is 0 Å². The number of aryl methyl sites for hydroxylation is 1. The Bertz CT molecular complexity index is 891. The predicted molar refractivity (Wildman–Crippen MR) is 102 cm³/mol. The summed E-state index contributed by atoms with van der Waals surface area (Å²) in [5, 5.41) is 6.00. The first-order valence-electron chi connectivity index (χ1n) is 7.83. The third-order valence-electron chi connectivity index (χ3n) is 4.04. The quantitative estimate of drug-likeness (QED) is 0.622. The standard InChI is InChI=1S/C18H19ClFN3OS/c1-11-8-14(12(2)23(11)6-7-24-3)17-10-25-18(22-17)21-13-4-5-16(20)15(19)9-13/h4-5,8-10H,6-7H2,1-3H3,(H,21,22). The van der Waals surface area contributed by atoms with E-state index in [1.165, 1.54) is 23.1 Å². The van der Waals surface area contributed by atoms with Crippen LogP contribution in [-0.4, -0.2) is 23.3 Å². The molecule has 0 aliphatic carbocycles. The zero-order valence-electron chi connectivity index (χ0n) is 14.3. The number of ether oxygens (including phenoxy) is 1. The van der Waals surface area contributed by atoms with Gasteiger partial charge in [0.1, 0.15) is 5.82 Å². The average Bonchev–Trinajstić information content (AvgIpc) is 3.14. The van der Waals surface area contributed by atoms with Crippen molar-refractivity contribution >= 4 is 33.8 Å². The average molecular weight is 380 g/mol. The molecule has 2 heterocycles. The van der Waals surface area contributed by atoms with Gasteiger partial charge < -0.3 is 14.6 Å². The van der Waals surface area contributed by atoms with Crippen LogP contribution < -0.4 is 5.32 Å². The molecule has 3 aromatic rings. The van der Waals surface area contributed by atoms with Gasteiger partial charge in [-0.15, -0.1) is 11.3 Å². The number of nitrogens with zero attached hydrogens (tertiary/aromatic N) is 2. The number of anilines is 2. The minimum Gasteiger partial charge on any atom is -0.383 e. The first-order chi connectivity index (χ1) is 12.0. The first-order valence-corrected chi connectivity index (χ1v) is 9.09. The van der Waals surface area contributed by atoms with E-state index in [0.717, 1.165) is 28.6 Å². The van der Waals surface area contributed by atoms with E-state index in [9.17, 15) is 4.39 Å². The zero-order valence-corrected chi connectivity index (χ0v) is 15.8. The van der Waals surface area contributed by atoms with Crippen molar-refractivity contribution in [1.82, 2.24) is 9.55 Å². The molecule has 0 amide bonds. The van der Waals surface area contributed by atoms with Crippen molar-refractivity contribution in [3.63, 3.8) is 0 Å². The second-order valence-electron chi connectivity index (χ2n) is 5.72. The van der Waals surface area contributed by atoms with Crippen LogP contribution in [0.4, 0.5) is 15.2 Å². The summed E-state index contributed by atoms with van der Waals surface area (Å²) < 4.78 is 20.7. The summed E-state index contributed by atoms with van der Waals surface area (Å²) in [5.74, 6) is -0.435. The molecule has 0 aliphatic rings. The molecule has 0 bridgehead atoms. The molecular formula is C18H19ClFN3OS. The van der Waals surface area contributed by atoms with E-state index in [2.05, 4.69) is 34.8 Å². The van der Waals surface area contributed by atoms with Gasteiger partial charge in [0.2, 0.25) is 0 Å². The van der Waals surface area contributed by atoms with E-state index < -0.39 is 5.82 Å². The Balaban J connectivity index is 1.82. The maximum atomic E-state index is 13.3. The third-order valence-corrected chi connectivity index (χ3v) is 5.09. The molecule has 1 aromatic carbocycles. The minimum absolute atomic E-state index is 0.0865. The molecule has 0 aliphatic heterocycles. The van der Waals surface area contributed by atoms with Gasteiger partial charge in [0, 0.05) is 41.7 Å². The Kier molecular flexibility index (Phi) is 5.42. The maximum absolute atomic E-state index is 13.3. The molecule has 4 nitrogen and oxygen atoms in total. The minimum atomic E-state index is -0.435. The van der Waals surface area contributed by atoms with Crippen LogP contribution in [0.15, 0.2) is 29.6 Å². The Morgan fingerprint density at radius 1 is 1.32 bits per heavy atom. The van der Waals surface area contributed by atoms with Gasteiger partial charge in [-0.05, 0) is 38.1 Å². The molecular weight excluding hydrogens is 361 g/mol. The van der Waals surface area contributed by atoms with Crippen LogP contribution in [-0.2, 0) is 11.3 Å². The molecule has 0 unspecified atom stereocenters. The van der Waals surface area contributed by atoms with Gasteiger partial charge >= 0.3 is 0 Å². The predicted octanol–water partition coefficient (Wildman–Crippen LogP) is 5.41. The highest BCUT2D eigenvalue weighted by atomic mass is 35.5. The molecule has 0 atom stereocenters. The smallest absolute Gasteiger partial charge is 0.187 e. The Hall–Kier alpha value is -1.89. The number of nitrogens with one attached hydrogen (secondary N) is 1. The Morgan fingerprint density at radius 3 is 2.84 bits per heavy atom. The molecule has 0 saturated heterocycles. The van der Waals surface area contributed by atoms with E-state index in [1.54, 1.807) is 19.2 Å². The number of methoxy groups -OCH3 is 1. The zero-order chi connectivity index (χ0) is 18.0. The van der Waals surface area contributed by atoms with Crippen molar-refractivity contribution in [2.75, 3.05) is 19.0 Å². The van der Waals surface area contributed by atoms with Gasteiger partial charge in [-0.1, -0.05) is 11.6 Å². The fourth-order valence-corrected chi connectivity index (χ4v) is 3.65. The first kappa shape index (κ1) is 17.9. The van der Waals surface area contributed by atoms with E-state index >= 15 is 0 Å². The van der Waals surface area contributed by atoms with Crippen molar-refractivity contribution in [3.05, 3.63) is 51.9 Å². The molecule has 25 heavy (non-hydrogen) atoms. The van der Waals surface area contributed by atoms with E-state index in [4.69, 9.17) is 16.3 Å². The summed E-state index contributed by atoms with van der Waals surface area (Å²) in [5.41, 5.74) is 5.07. The van der Waals surface area contributed by atoms with Gasteiger partial charge in [0.05, 0.1) is 17.3 Å². The van der Waals surface area contributed by atoms with Crippen LogP contribution in [0.1, 0.15) is 11.4 Å². The Labute approximate surface area is 155 Å². The second-order valence-corrected chi connectivity index (χ2v) is 6.99. The largest absolute Gasteiger partial charge is 0.383 e. The third kappa shape index (κ3) is 3.86. The monoisotopic (exact) mass is 379 g/mol. The lowest BCUT2D eigenvalue weighted by molar-refractivity contribution is 0.186. The van der Waals surface area contributed by atoms with Crippen LogP contribution in [0.3, 0.4) is 0 Å². The van der Waals surface area contributed by atoms with Crippen LogP contribution in [0.5, 0.6) is 0 Å². The van der Waals surface area contributed by atoms with E-state index in [1.807, 2.05) is 5.38 Å². The normalized spacial score (nSPS) is 11.1. The highest BCUT2D eigenvalue weighted by molar-refractivity contribution is 7.14. The van der Waals surface area contributed by atoms with Crippen LogP contribution >= 0.6 is 22.9 Å². The van der Waals surface area contributed by atoms with Crippen molar-refractivity contribution in [1.29, 1.82) is 0 Å². The fraction of sp³-hybridized carbons (Fsp3) is 0.278. The highest BCUT2D eigenvalue weighted by Gasteiger charge is 2.14. The summed E-state index contributed by atoms with van der Waals surface area (Å²) >= 11 is 7.32. The number of rotatable bonds is 6. The lowest BCUT2D eigenvalue weighted by Gasteiger charge is -2.08.